The molecule has 0 fully saturated rings. The predicted octanol–water partition coefficient (Wildman–Crippen LogP) is 2.94. The van der Waals surface area contributed by atoms with E-state index in [0.29, 0.717) is 5.76 Å². The minimum atomic E-state index is -0.592. The molecule has 6 nitrogen and oxygen atoms in total. The van der Waals surface area contributed by atoms with E-state index in [1.165, 1.54) is 18.3 Å². The SMILES string of the molecule is Cc1cccc(N/N=C\c2ccc([N+](=O)[O-])o2)c1. The molecule has 2 aromatic rings. The Hall–Kier alpha value is -2.63. The zero-order valence-corrected chi connectivity index (χ0v) is 9.66. The number of hydrogen-bond acceptors (Lipinski definition) is 5. The van der Waals surface area contributed by atoms with E-state index in [-0.39, 0.29) is 5.88 Å². The maximum absolute atomic E-state index is 10.4. The van der Waals surface area contributed by atoms with Gasteiger partial charge >= 0.3 is 5.88 Å². The van der Waals surface area contributed by atoms with E-state index >= 15 is 0 Å². The summed E-state index contributed by atoms with van der Waals surface area (Å²) in [6.07, 6.45) is 1.38. The fourth-order valence-corrected chi connectivity index (χ4v) is 1.39. The predicted molar refractivity (Wildman–Crippen MR) is 67.8 cm³/mol. The summed E-state index contributed by atoms with van der Waals surface area (Å²) in [5.74, 6) is 0.0221. The molecule has 1 aromatic heterocycles. The number of nitrogens with one attached hydrogen (secondary N) is 1. The molecule has 0 aliphatic rings. The number of anilines is 1. The quantitative estimate of drug-likeness (QED) is 0.510. The zero-order chi connectivity index (χ0) is 13.0. The average molecular weight is 245 g/mol. The van der Waals surface area contributed by atoms with Gasteiger partial charge in [-0.05, 0) is 30.7 Å². The van der Waals surface area contributed by atoms with Gasteiger partial charge in [0.2, 0.25) is 0 Å². The van der Waals surface area contributed by atoms with Crippen molar-refractivity contribution in [3.8, 4) is 0 Å². The maximum Gasteiger partial charge on any atom is 0.433 e. The first kappa shape index (κ1) is 11.8. The highest BCUT2D eigenvalue weighted by atomic mass is 16.6. The first-order valence-electron chi connectivity index (χ1n) is 5.25. The minimum Gasteiger partial charge on any atom is -0.400 e. The molecule has 0 bridgehead atoms. The number of hydrazone groups is 1. The van der Waals surface area contributed by atoms with Crippen LogP contribution in [0, 0.1) is 17.0 Å². The summed E-state index contributed by atoms with van der Waals surface area (Å²) < 4.78 is 4.92. The van der Waals surface area contributed by atoms with Crippen LogP contribution >= 0.6 is 0 Å². The third-order valence-corrected chi connectivity index (χ3v) is 2.20. The molecule has 1 heterocycles. The fraction of sp³-hybridized carbons (Fsp3) is 0.0833. The lowest BCUT2D eigenvalue weighted by atomic mass is 10.2. The van der Waals surface area contributed by atoms with Crippen LogP contribution in [0.4, 0.5) is 11.6 Å². The third kappa shape index (κ3) is 2.94. The lowest BCUT2D eigenvalue weighted by Crippen LogP contribution is -1.90. The Bertz CT molecular complexity index is 590. The van der Waals surface area contributed by atoms with E-state index in [1.54, 1.807) is 0 Å². The minimum absolute atomic E-state index is 0.299. The first-order valence-corrected chi connectivity index (χ1v) is 5.25. The molecule has 6 heteroatoms. The summed E-state index contributed by atoms with van der Waals surface area (Å²) in [7, 11) is 0. The maximum atomic E-state index is 10.4. The third-order valence-electron chi connectivity index (χ3n) is 2.20. The number of rotatable bonds is 4. The highest BCUT2D eigenvalue weighted by Gasteiger charge is 2.09. The first-order chi connectivity index (χ1) is 8.65. The summed E-state index contributed by atoms with van der Waals surface area (Å²) in [6, 6.07) is 10.5. The van der Waals surface area contributed by atoms with Gasteiger partial charge in [0, 0.05) is 0 Å². The van der Waals surface area contributed by atoms with E-state index in [9.17, 15) is 10.1 Å². The van der Waals surface area contributed by atoms with Crippen molar-refractivity contribution in [1.82, 2.24) is 0 Å². The highest BCUT2D eigenvalue weighted by Crippen LogP contribution is 2.14. The van der Waals surface area contributed by atoms with Crippen LogP contribution in [0.2, 0.25) is 0 Å². The number of benzene rings is 1. The molecule has 0 unspecified atom stereocenters. The Morgan fingerprint density at radius 1 is 1.39 bits per heavy atom. The van der Waals surface area contributed by atoms with Crippen LogP contribution in [0.15, 0.2) is 45.9 Å². The van der Waals surface area contributed by atoms with Gasteiger partial charge in [0.1, 0.15) is 4.92 Å². The summed E-state index contributed by atoms with van der Waals surface area (Å²) in [6.45, 7) is 1.98. The molecule has 0 aliphatic heterocycles. The molecule has 0 saturated carbocycles. The number of nitro groups is 1. The van der Waals surface area contributed by atoms with Crippen LogP contribution in [0.5, 0.6) is 0 Å². The molecule has 1 aromatic carbocycles. The lowest BCUT2D eigenvalue weighted by molar-refractivity contribution is -0.402. The number of aryl methyl sites for hydroxylation is 1. The number of nitrogens with zero attached hydrogens (tertiary/aromatic N) is 2. The molecule has 1 N–H and O–H groups in total. The van der Waals surface area contributed by atoms with Gasteiger partial charge < -0.3 is 4.42 Å². The van der Waals surface area contributed by atoms with Crippen molar-refractivity contribution in [3.63, 3.8) is 0 Å². The van der Waals surface area contributed by atoms with Crippen molar-refractivity contribution in [3.05, 3.63) is 57.8 Å². The van der Waals surface area contributed by atoms with Gasteiger partial charge in [-0.2, -0.15) is 5.10 Å². The van der Waals surface area contributed by atoms with Gasteiger partial charge in [-0.1, -0.05) is 12.1 Å². The average Bonchev–Trinajstić information content (AvgIpc) is 2.78. The van der Waals surface area contributed by atoms with Crippen molar-refractivity contribution in [2.45, 2.75) is 6.92 Å². The smallest absolute Gasteiger partial charge is 0.400 e. The Labute approximate surface area is 103 Å². The Balaban J connectivity index is 2.00. The molecule has 0 aliphatic carbocycles. The standard InChI is InChI=1S/C12H11N3O3/c1-9-3-2-4-10(7-9)14-13-8-11-5-6-12(18-11)15(16)17/h2-8,14H,1H3/b13-8-. The second kappa shape index (κ2) is 5.13. The van der Waals surface area contributed by atoms with E-state index < -0.39 is 4.92 Å². The van der Waals surface area contributed by atoms with Crippen molar-refractivity contribution in [2.24, 2.45) is 5.10 Å². The number of hydrogen-bond donors (Lipinski definition) is 1. The monoisotopic (exact) mass is 245 g/mol. The highest BCUT2D eigenvalue weighted by molar-refractivity contribution is 5.77. The van der Waals surface area contributed by atoms with Crippen LogP contribution in [0.1, 0.15) is 11.3 Å². The molecule has 0 radical (unpaired) electrons. The van der Waals surface area contributed by atoms with Crippen LogP contribution in [-0.2, 0) is 0 Å². The van der Waals surface area contributed by atoms with Gasteiger partial charge in [0.15, 0.2) is 5.76 Å². The van der Waals surface area contributed by atoms with E-state index in [4.69, 9.17) is 4.42 Å². The van der Waals surface area contributed by atoms with E-state index in [0.717, 1.165) is 11.3 Å². The van der Waals surface area contributed by atoms with Gasteiger partial charge in [0.05, 0.1) is 18.0 Å². The lowest BCUT2D eigenvalue weighted by Gasteiger charge is -1.99. The normalized spacial score (nSPS) is 10.7. The summed E-state index contributed by atoms with van der Waals surface area (Å²) in [5, 5.41) is 14.3. The Morgan fingerprint density at radius 3 is 2.89 bits per heavy atom. The fourth-order valence-electron chi connectivity index (χ4n) is 1.39. The molecule has 18 heavy (non-hydrogen) atoms. The van der Waals surface area contributed by atoms with Crippen LogP contribution in [0.3, 0.4) is 0 Å². The topological polar surface area (TPSA) is 80.7 Å². The molecule has 2 rings (SSSR count). The van der Waals surface area contributed by atoms with Crippen LogP contribution in [0.25, 0.3) is 0 Å². The zero-order valence-electron chi connectivity index (χ0n) is 9.66. The van der Waals surface area contributed by atoms with Gasteiger partial charge in [-0.25, -0.2) is 0 Å². The summed E-state index contributed by atoms with van der Waals surface area (Å²) in [4.78, 5) is 9.81. The molecular formula is C12H11N3O3. The van der Waals surface area contributed by atoms with Crippen molar-refractivity contribution >= 4 is 17.8 Å². The largest absolute Gasteiger partial charge is 0.433 e. The summed E-state index contributed by atoms with van der Waals surface area (Å²) >= 11 is 0. The number of furan rings is 1. The molecule has 0 spiro atoms. The van der Waals surface area contributed by atoms with Crippen LogP contribution < -0.4 is 5.43 Å². The molecule has 0 amide bonds. The van der Waals surface area contributed by atoms with Crippen molar-refractivity contribution in [1.29, 1.82) is 0 Å². The molecule has 92 valence electrons. The molecular weight excluding hydrogens is 234 g/mol. The van der Waals surface area contributed by atoms with Crippen molar-refractivity contribution < 1.29 is 9.34 Å². The Kier molecular flexibility index (Phi) is 3.38. The molecule has 0 atom stereocenters. The second-order valence-corrected chi connectivity index (χ2v) is 3.67. The van der Waals surface area contributed by atoms with Crippen LogP contribution in [-0.4, -0.2) is 11.1 Å². The van der Waals surface area contributed by atoms with Gasteiger partial charge in [-0.3, -0.25) is 15.5 Å². The van der Waals surface area contributed by atoms with Gasteiger partial charge in [-0.15, -0.1) is 0 Å². The summed E-state index contributed by atoms with van der Waals surface area (Å²) in [5.41, 5.74) is 4.77. The van der Waals surface area contributed by atoms with E-state index in [1.807, 2.05) is 31.2 Å². The Morgan fingerprint density at radius 2 is 2.22 bits per heavy atom. The van der Waals surface area contributed by atoms with E-state index in [2.05, 4.69) is 10.5 Å². The second-order valence-electron chi connectivity index (χ2n) is 3.67. The van der Waals surface area contributed by atoms with Crippen molar-refractivity contribution in [2.75, 3.05) is 5.43 Å². The molecule has 0 saturated heterocycles. The van der Waals surface area contributed by atoms with Gasteiger partial charge in [0.25, 0.3) is 0 Å².